The van der Waals surface area contributed by atoms with E-state index in [1.807, 2.05) is 0 Å². The molecule has 0 unspecified atom stereocenters. The maximum Gasteiger partial charge on any atom is 0.165 e. The molecule has 6 rings (SSSR count). The average molecular weight is 835 g/mol. The lowest BCUT2D eigenvalue weighted by Crippen LogP contribution is -2.18. The zero-order chi connectivity index (χ0) is 34.6. The molecule has 0 aromatic heterocycles. The molecular formula is C36H50Br2O12. The second kappa shape index (κ2) is 23.1. The van der Waals surface area contributed by atoms with Gasteiger partial charge in [-0.3, -0.25) is 0 Å². The van der Waals surface area contributed by atoms with Crippen molar-refractivity contribution in [2.24, 2.45) is 0 Å². The highest BCUT2D eigenvalue weighted by atomic mass is 79.9. The molecule has 0 radical (unpaired) electrons. The summed E-state index contributed by atoms with van der Waals surface area (Å²) in [6, 6.07) is 4.30. The van der Waals surface area contributed by atoms with E-state index in [0.717, 1.165) is 42.7 Å². The Kier molecular flexibility index (Phi) is 18.2. The van der Waals surface area contributed by atoms with E-state index >= 15 is 0 Å². The molecule has 2 aromatic carbocycles. The van der Waals surface area contributed by atoms with E-state index in [1.165, 1.54) is 0 Å². The largest absolute Gasteiger partial charge is 0.487 e. The van der Waals surface area contributed by atoms with Crippen LogP contribution in [0.4, 0.5) is 0 Å². The lowest BCUT2D eigenvalue weighted by atomic mass is 9.93. The molecule has 2 aliphatic heterocycles. The third kappa shape index (κ3) is 12.7. The van der Waals surface area contributed by atoms with Crippen LogP contribution in [0, 0.1) is 0 Å². The molecule has 0 amide bonds. The summed E-state index contributed by atoms with van der Waals surface area (Å²) in [7, 11) is 0. The predicted octanol–water partition coefficient (Wildman–Crippen LogP) is 4.77. The Labute approximate surface area is 311 Å². The highest BCUT2D eigenvalue weighted by Gasteiger charge is 2.26. The van der Waals surface area contributed by atoms with E-state index in [1.54, 1.807) is 0 Å². The van der Waals surface area contributed by atoms with Gasteiger partial charge in [0.05, 0.1) is 106 Å². The van der Waals surface area contributed by atoms with Gasteiger partial charge in [-0.1, -0.05) is 31.9 Å². The van der Waals surface area contributed by atoms with Gasteiger partial charge in [-0.15, -0.1) is 0 Å². The van der Waals surface area contributed by atoms with Crippen molar-refractivity contribution >= 4 is 31.9 Å². The van der Waals surface area contributed by atoms with Crippen LogP contribution < -0.4 is 18.9 Å². The molecule has 50 heavy (non-hydrogen) atoms. The summed E-state index contributed by atoms with van der Waals surface area (Å²) in [6.45, 7) is 9.09. The van der Waals surface area contributed by atoms with E-state index in [4.69, 9.17) is 56.8 Å². The lowest BCUT2D eigenvalue weighted by molar-refractivity contribution is -0.00856. The van der Waals surface area contributed by atoms with Gasteiger partial charge in [0.2, 0.25) is 0 Å². The van der Waals surface area contributed by atoms with Crippen LogP contribution in [0.1, 0.15) is 22.3 Å². The van der Waals surface area contributed by atoms with Gasteiger partial charge in [-0.2, -0.15) is 0 Å². The van der Waals surface area contributed by atoms with Gasteiger partial charge >= 0.3 is 0 Å². The van der Waals surface area contributed by atoms with Crippen LogP contribution >= 0.6 is 31.9 Å². The second-order valence-electron chi connectivity index (χ2n) is 11.6. The Morgan fingerprint density at radius 1 is 0.300 bits per heavy atom. The number of ether oxygens (including phenoxy) is 12. The highest BCUT2D eigenvalue weighted by Crippen LogP contribution is 2.46. The van der Waals surface area contributed by atoms with Crippen LogP contribution in [-0.2, 0) is 63.6 Å². The fourth-order valence-electron chi connectivity index (χ4n) is 5.71. The first kappa shape index (κ1) is 39.5. The molecule has 280 valence electrons. The molecule has 0 saturated carbocycles. The summed E-state index contributed by atoms with van der Waals surface area (Å²) >= 11 is 7.76. The summed E-state index contributed by atoms with van der Waals surface area (Å²) in [5.41, 5.74) is 4.02. The summed E-state index contributed by atoms with van der Waals surface area (Å²) in [5, 5.41) is 0. The molecule has 4 aliphatic rings. The second-order valence-corrected chi connectivity index (χ2v) is 13.3. The van der Waals surface area contributed by atoms with Gasteiger partial charge in [0.25, 0.3) is 0 Å². The number of hydrogen-bond acceptors (Lipinski definition) is 12. The first-order valence-corrected chi connectivity index (χ1v) is 19.1. The van der Waals surface area contributed by atoms with Crippen LogP contribution in [-0.4, -0.2) is 132 Å². The van der Waals surface area contributed by atoms with Crippen molar-refractivity contribution in [3.05, 3.63) is 43.3 Å². The molecule has 2 aliphatic carbocycles. The number of fused-ring (bicyclic) bond motifs is 4. The summed E-state index contributed by atoms with van der Waals surface area (Å²) in [4.78, 5) is 0. The first-order chi connectivity index (χ1) is 24.7. The standard InChI is InChI=1S/C36H50Br2O12/c37-31-25-27-1-2-28-26-32(38)30(36-34(28)48-22-18-44-14-10-40-6-8-42-12-16-46-20-24-50-36)4-3-29(31)35-33(27)47-21-17-43-13-9-39-5-7-41-11-15-45-19-23-49-35/h25-26H,1-24H2. The smallest absolute Gasteiger partial charge is 0.165 e. The van der Waals surface area contributed by atoms with Gasteiger partial charge in [-0.05, 0) is 48.9 Å². The normalized spacial score (nSPS) is 20.7. The van der Waals surface area contributed by atoms with E-state index in [2.05, 4.69) is 44.0 Å². The van der Waals surface area contributed by atoms with Crippen LogP contribution in [0.25, 0.3) is 0 Å². The quantitative estimate of drug-likeness (QED) is 0.365. The molecular weight excluding hydrogens is 784 g/mol. The minimum Gasteiger partial charge on any atom is -0.487 e. The van der Waals surface area contributed by atoms with Gasteiger partial charge in [0.15, 0.2) is 23.0 Å². The van der Waals surface area contributed by atoms with Crippen molar-refractivity contribution in [1.29, 1.82) is 0 Å². The van der Waals surface area contributed by atoms with Gasteiger partial charge in [-0.25, -0.2) is 0 Å². The maximum absolute atomic E-state index is 6.50. The Morgan fingerprint density at radius 3 is 0.820 bits per heavy atom. The molecule has 0 saturated heterocycles. The molecule has 14 heteroatoms. The molecule has 0 fully saturated rings. The topological polar surface area (TPSA) is 111 Å². The number of halogens is 2. The molecule has 0 spiro atoms. The van der Waals surface area contributed by atoms with Gasteiger partial charge in [0.1, 0.15) is 26.4 Å². The van der Waals surface area contributed by atoms with Crippen LogP contribution in [0.15, 0.2) is 21.1 Å². The maximum atomic E-state index is 6.50. The molecule has 12 nitrogen and oxygen atoms in total. The Bertz CT molecular complexity index is 1200. The Hall–Kier alpha value is -1.72. The molecule has 0 atom stereocenters. The van der Waals surface area contributed by atoms with Crippen LogP contribution in [0.2, 0.25) is 0 Å². The van der Waals surface area contributed by atoms with Crippen LogP contribution in [0.5, 0.6) is 23.0 Å². The number of aryl methyl sites for hydroxylation is 2. The minimum atomic E-state index is 0.363. The van der Waals surface area contributed by atoms with Crippen molar-refractivity contribution < 1.29 is 56.8 Å². The summed E-state index contributed by atoms with van der Waals surface area (Å²) < 4.78 is 73.5. The molecule has 2 aromatic rings. The monoisotopic (exact) mass is 832 g/mol. The SMILES string of the molecule is Brc1cc2c3c(c1CCc1c(Br)cc(c4c1OCCOCCOCCOCCOCCO4)CC2)OCCOCCOCCOCCOCCO3. The van der Waals surface area contributed by atoms with Crippen molar-refractivity contribution in [2.45, 2.75) is 25.7 Å². The third-order valence-electron chi connectivity index (χ3n) is 8.14. The highest BCUT2D eigenvalue weighted by molar-refractivity contribution is 9.10. The number of hydrogen-bond donors (Lipinski definition) is 0. The van der Waals surface area contributed by atoms with E-state index < -0.39 is 0 Å². The van der Waals surface area contributed by atoms with Crippen molar-refractivity contribution in [3.63, 3.8) is 0 Å². The van der Waals surface area contributed by atoms with Gasteiger partial charge < -0.3 is 56.8 Å². The number of benzene rings is 2. The van der Waals surface area contributed by atoms with E-state index in [9.17, 15) is 0 Å². The third-order valence-corrected chi connectivity index (χ3v) is 9.55. The van der Waals surface area contributed by atoms with Crippen molar-refractivity contribution in [2.75, 3.05) is 132 Å². The number of rotatable bonds is 0. The first-order valence-electron chi connectivity index (χ1n) is 17.5. The van der Waals surface area contributed by atoms with E-state index in [-0.39, 0.29) is 0 Å². The predicted molar refractivity (Wildman–Crippen MR) is 192 cm³/mol. The minimum absolute atomic E-state index is 0.363. The lowest BCUT2D eigenvalue weighted by Gasteiger charge is -2.25. The van der Waals surface area contributed by atoms with E-state index in [0.29, 0.717) is 169 Å². The van der Waals surface area contributed by atoms with Crippen LogP contribution in [0.3, 0.4) is 0 Å². The summed E-state index contributed by atoms with van der Waals surface area (Å²) in [6.07, 6.45) is 2.59. The zero-order valence-corrected chi connectivity index (χ0v) is 32.0. The zero-order valence-electron chi connectivity index (χ0n) is 28.8. The van der Waals surface area contributed by atoms with Crippen molar-refractivity contribution in [1.82, 2.24) is 0 Å². The average Bonchev–Trinajstić information content (AvgIpc) is 3.10. The Morgan fingerprint density at radius 2 is 0.540 bits per heavy atom. The molecule has 2 heterocycles. The van der Waals surface area contributed by atoms with Crippen molar-refractivity contribution in [3.8, 4) is 23.0 Å². The van der Waals surface area contributed by atoms with Gasteiger partial charge in [0, 0.05) is 20.1 Å². The fraction of sp³-hybridized carbons (Fsp3) is 0.667. The molecule has 0 N–H and O–H groups in total. The Balaban J connectivity index is 1.41. The fourth-order valence-corrected chi connectivity index (χ4v) is 7.02. The summed E-state index contributed by atoms with van der Waals surface area (Å²) in [5.74, 6) is 2.89. The molecule has 4 bridgehead atoms.